The lowest BCUT2D eigenvalue weighted by Crippen LogP contribution is -2.51. The Bertz CT molecular complexity index is 842. The fourth-order valence-corrected chi connectivity index (χ4v) is 4.77. The maximum absolute atomic E-state index is 13.0. The first-order chi connectivity index (χ1) is 15.1. The van der Waals surface area contributed by atoms with Crippen LogP contribution in [0.15, 0.2) is 18.2 Å². The number of nitrogens with zero attached hydrogens (tertiary/aromatic N) is 2. The van der Waals surface area contributed by atoms with Crippen LogP contribution in [-0.2, 0) is 14.4 Å². The topological polar surface area (TPSA) is 88.2 Å². The summed E-state index contributed by atoms with van der Waals surface area (Å²) in [6.07, 6.45) is 5.88. The molecule has 0 saturated carbocycles. The molecular formula is C22H29N3O5S. The van der Waals surface area contributed by atoms with E-state index in [4.69, 9.17) is 9.47 Å². The van der Waals surface area contributed by atoms with Crippen LogP contribution in [0.3, 0.4) is 0 Å². The van der Waals surface area contributed by atoms with Gasteiger partial charge in [0, 0.05) is 37.8 Å². The third-order valence-electron chi connectivity index (χ3n) is 6.06. The monoisotopic (exact) mass is 447 g/mol. The molecule has 3 aliphatic heterocycles. The molecule has 2 saturated heterocycles. The fourth-order valence-electron chi connectivity index (χ4n) is 4.30. The molecule has 31 heavy (non-hydrogen) atoms. The van der Waals surface area contributed by atoms with Crippen LogP contribution in [0.5, 0.6) is 11.5 Å². The van der Waals surface area contributed by atoms with Crippen LogP contribution in [-0.4, -0.2) is 67.1 Å². The van der Waals surface area contributed by atoms with Gasteiger partial charge in [-0.25, -0.2) is 0 Å². The molecule has 1 aromatic carbocycles. The van der Waals surface area contributed by atoms with E-state index < -0.39 is 12.0 Å². The number of thioether (sulfide) groups is 1. The van der Waals surface area contributed by atoms with Gasteiger partial charge in [0.25, 0.3) is 0 Å². The summed E-state index contributed by atoms with van der Waals surface area (Å²) in [4.78, 5) is 42.1. The third-order valence-corrected chi connectivity index (χ3v) is 6.70. The van der Waals surface area contributed by atoms with Gasteiger partial charge in [0.1, 0.15) is 6.04 Å². The zero-order valence-electron chi connectivity index (χ0n) is 17.8. The van der Waals surface area contributed by atoms with E-state index >= 15 is 0 Å². The number of benzene rings is 1. The molecule has 4 rings (SSSR count). The van der Waals surface area contributed by atoms with Gasteiger partial charge in [-0.05, 0) is 49.8 Å². The van der Waals surface area contributed by atoms with Crippen molar-refractivity contribution in [2.24, 2.45) is 5.92 Å². The van der Waals surface area contributed by atoms with E-state index in [1.807, 2.05) is 11.2 Å². The van der Waals surface area contributed by atoms with Gasteiger partial charge in [-0.2, -0.15) is 11.8 Å². The predicted molar refractivity (Wildman–Crippen MR) is 118 cm³/mol. The second kappa shape index (κ2) is 9.80. The number of ether oxygens (including phenoxy) is 2. The van der Waals surface area contributed by atoms with Gasteiger partial charge >= 0.3 is 0 Å². The van der Waals surface area contributed by atoms with E-state index in [0.717, 1.165) is 38.1 Å². The Labute approximate surface area is 186 Å². The van der Waals surface area contributed by atoms with Crippen LogP contribution in [0, 0.1) is 5.92 Å². The maximum atomic E-state index is 13.0. The minimum Gasteiger partial charge on any atom is -0.454 e. The van der Waals surface area contributed by atoms with Crippen molar-refractivity contribution in [2.75, 3.05) is 43.3 Å². The van der Waals surface area contributed by atoms with E-state index in [2.05, 4.69) is 5.32 Å². The van der Waals surface area contributed by atoms with Gasteiger partial charge in [-0.15, -0.1) is 0 Å². The highest BCUT2D eigenvalue weighted by Gasteiger charge is 2.37. The molecule has 1 N–H and O–H groups in total. The third kappa shape index (κ3) is 4.92. The van der Waals surface area contributed by atoms with Gasteiger partial charge < -0.3 is 24.6 Å². The summed E-state index contributed by atoms with van der Waals surface area (Å²) in [5.74, 6) is 1.22. The minimum atomic E-state index is -0.534. The normalized spacial score (nSPS) is 21.3. The van der Waals surface area contributed by atoms with Crippen LogP contribution in [0.1, 0.15) is 32.1 Å². The van der Waals surface area contributed by atoms with Gasteiger partial charge in [0.2, 0.25) is 24.5 Å². The van der Waals surface area contributed by atoms with Crippen LogP contribution < -0.4 is 19.7 Å². The number of carbonyl (C=O) groups is 3. The lowest BCUT2D eigenvalue weighted by atomic mass is 10.1. The van der Waals surface area contributed by atoms with E-state index in [-0.39, 0.29) is 37.5 Å². The standard InChI is InChI=1S/C22H29N3O5S/c1-31-10-7-17(22(28)24-8-3-2-4-9-24)23-21(27)15-11-20(26)25(13-15)16-5-6-18-19(12-16)30-14-29-18/h5-6,12,15,17H,2-4,7-11,13-14H2,1H3,(H,23,27). The van der Waals surface area contributed by atoms with Crippen molar-refractivity contribution < 1.29 is 23.9 Å². The Morgan fingerprint density at radius 2 is 1.97 bits per heavy atom. The molecule has 0 radical (unpaired) electrons. The van der Waals surface area contributed by atoms with Crippen molar-refractivity contribution in [3.05, 3.63) is 18.2 Å². The van der Waals surface area contributed by atoms with Crippen LogP contribution >= 0.6 is 11.8 Å². The zero-order valence-corrected chi connectivity index (χ0v) is 18.6. The molecule has 3 amide bonds. The first kappa shape index (κ1) is 21.8. The van der Waals surface area contributed by atoms with E-state index in [0.29, 0.717) is 23.6 Å². The number of fused-ring (bicyclic) bond motifs is 1. The van der Waals surface area contributed by atoms with E-state index in [9.17, 15) is 14.4 Å². The molecule has 2 atom stereocenters. The van der Waals surface area contributed by atoms with Crippen molar-refractivity contribution in [3.63, 3.8) is 0 Å². The molecule has 0 aromatic heterocycles. The SMILES string of the molecule is CSCCC(NC(=O)C1CC(=O)N(c2ccc3c(c2)OCO3)C1)C(=O)N1CCCCC1. The highest BCUT2D eigenvalue weighted by molar-refractivity contribution is 7.98. The van der Waals surface area contributed by atoms with Crippen molar-refractivity contribution in [1.29, 1.82) is 0 Å². The quantitative estimate of drug-likeness (QED) is 0.688. The molecule has 1 aromatic rings. The Morgan fingerprint density at radius 1 is 1.19 bits per heavy atom. The number of amides is 3. The number of likely N-dealkylation sites (tertiary alicyclic amines) is 1. The number of carbonyl (C=O) groups excluding carboxylic acids is 3. The molecular weight excluding hydrogens is 418 g/mol. The van der Waals surface area contributed by atoms with Gasteiger partial charge in [0.15, 0.2) is 11.5 Å². The Balaban J connectivity index is 1.40. The Kier molecular flexibility index (Phi) is 6.89. The summed E-state index contributed by atoms with van der Waals surface area (Å²) in [6, 6.07) is 4.80. The van der Waals surface area contributed by atoms with Crippen molar-refractivity contribution >= 4 is 35.2 Å². The smallest absolute Gasteiger partial charge is 0.245 e. The van der Waals surface area contributed by atoms with E-state index in [1.165, 1.54) is 0 Å². The number of hydrogen-bond donors (Lipinski definition) is 1. The maximum Gasteiger partial charge on any atom is 0.245 e. The average molecular weight is 448 g/mol. The molecule has 2 fully saturated rings. The lowest BCUT2D eigenvalue weighted by Gasteiger charge is -2.31. The summed E-state index contributed by atoms with van der Waals surface area (Å²) in [6.45, 7) is 1.96. The van der Waals surface area contributed by atoms with Gasteiger partial charge in [0.05, 0.1) is 5.92 Å². The molecule has 3 aliphatic rings. The molecule has 8 nitrogen and oxygen atoms in total. The summed E-state index contributed by atoms with van der Waals surface area (Å²) in [5, 5.41) is 2.96. The fraction of sp³-hybridized carbons (Fsp3) is 0.591. The Hall–Kier alpha value is -2.42. The highest BCUT2D eigenvalue weighted by Crippen LogP contribution is 2.37. The lowest BCUT2D eigenvalue weighted by molar-refractivity contribution is -0.138. The van der Waals surface area contributed by atoms with Gasteiger partial charge in [-0.1, -0.05) is 0 Å². The van der Waals surface area contributed by atoms with Crippen LogP contribution in [0.25, 0.3) is 0 Å². The average Bonchev–Trinajstić information content (AvgIpc) is 3.42. The predicted octanol–water partition coefficient (Wildman–Crippen LogP) is 2.02. The first-order valence-electron chi connectivity index (χ1n) is 10.8. The number of rotatable bonds is 7. The first-order valence-corrected chi connectivity index (χ1v) is 12.2. The van der Waals surface area contributed by atoms with Gasteiger partial charge in [-0.3, -0.25) is 14.4 Å². The number of nitrogens with one attached hydrogen (secondary N) is 1. The number of hydrogen-bond acceptors (Lipinski definition) is 6. The van der Waals surface area contributed by atoms with Crippen molar-refractivity contribution in [2.45, 2.75) is 38.1 Å². The summed E-state index contributed by atoms with van der Waals surface area (Å²) >= 11 is 1.65. The van der Waals surface area contributed by atoms with Crippen molar-refractivity contribution in [1.82, 2.24) is 10.2 Å². The van der Waals surface area contributed by atoms with Crippen LogP contribution in [0.4, 0.5) is 5.69 Å². The largest absolute Gasteiger partial charge is 0.454 e. The molecule has 0 bridgehead atoms. The molecule has 9 heteroatoms. The van der Waals surface area contributed by atoms with Crippen molar-refractivity contribution in [3.8, 4) is 11.5 Å². The van der Waals surface area contributed by atoms with E-state index in [1.54, 1.807) is 34.9 Å². The molecule has 0 spiro atoms. The molecule has 0 aliphatic carbocycles. The summed E-state index contributed by atoms with van der Waals surface area (Å²) in [5.41, 5.74) is 0.688. The zero-order chi connectivity index (χ0) is 21.8. The second-order valence-electron chi connectivity index (χ2n) is 8.17. The number of piperidine rings is 1. The molecule has 2 unspecified atom stereocenters. The minimum absolute atomic E-state index is 0.000879. The Morgan fingerprint density at radius 3 is 2.74 bits per heavy atom. The number of anilines is 1. The highest BCUT2D eigenvalue weighted by atomic mass is 32.2. The summed E-state index contributed by atoms with van der Waals surface area (Å²) < 4.78 is 10.7. The summed E-state index contributed by atoms with van der Waals surface area (Å²) in [7, 11) is 0. The molecule has 3 heterocycles. The second-order valence-corrected chi connectivity index (χ2v) is 9.16. The van der Waals surface area contributed by atoms with Crippen LogP contribution in [0.2, 0.25) is 0 Å². The molecule has 168 valence electrons.